The molecular formula is C17H24N4OS. The summed E-state index contributed by atoms with van der Waals surface area (Å²) in [6.07, 6.45) is 7.91. The molecule has 0 N–H and O–H groups in total. The standard InChI is InChI=1S/C17H24N4OS/c1-13(9-20-12-18-11-19-20)17(22)21(15-5-3-4-6-15)10-16-8-7-14(2)23-16/h7-8,11-13,15H,3-6,9-10H2,1-2H3. The van der Waals surface area contributed by atoms with E-state index in [-0.39, 0.29) is 11.8 Å². The Bertz CT molecular complexity index is 631. The smallest absolute Gasteiger partial charge is 0.227 e. The van der Waals surface area contributed by atoms with Crippen molar-refractivity contribution in [1.82, 2.24) is 19.7 Å². The minimum atomic E-state index is -0.0849. The van der Waals surface area contributed by atoms with Crippen molar-refractivity contribution in [2.75, 3.05) is 0 Å². The van der Waals surface area contributed by atoms with Crippen LogP contribution in [-0.4, -0.2) is 31.6 Å². The van der Waals surface area contributed by atoms with E-state index in [0.29, 0.717) is 12.6 Å². The van der Waals surface area contributed by atoms with E-state index in [0.717, 1.165) is 19.4 Å². The Kier molecular flexibility index (Phi) is 5.10. The number of nitrogens with zero attached hydrogens (tertiary/aromatic N) is 4. The zero-order valence-electron chi connectivity index (χ0n) is 13.8. The second-order valence-corrected chi connectivity index (χ2v) is 7.81. The van der Waals surface area contributed by atoms with Gasteiger partial charge in [-0.15, -0.1) is 11.3 Å². The van der Waals surface area contributed by atoms with Gasteiger partial charge in [-0.3, -0.25) is 9.48 Å². The molecule has 1 aliphatic rings. The molecule has 0 bridgehead atoms. The quantitative estimate of drug-likeness (QED) is 0.816. The molecule has 1 aliphatic carbocycles. The summed E-state index contributed by atoms with van der Waals surface area (Å²) in [6.45, 7) is 5.43. The lowest BCUT2D eigenvalue weighted by Gasteiger charge is -2.31. The van der Waals surface area contributed by atoms with Crippen LogP contribution in [0.5, 0.6) is 0 Å². The SMILES string of the molecule is Cc1ccc(CN(C(=O)C(C)Cn2cncn2)C2CCCC2)s1. The van der Waals surface area contributed by atoms with Crippen LogP contribution in [0.3, 0.4) is 0 Å². The molecule has 124 valence electrons. The van der Waals surface area contributed by atoms with Gasteiger partial charge in [0.2, 0.25) is 5.91 Å². The lowest BCUT2D eigenvalue weighted by Crippen LogP contribution is -2.42. The van der Waals surface area contributed by atoms with Crippen LogP contribution >= 0.6 is 11.3 Å². The number of aryl methyl sites for hydroxylation is 1. The average Bonchev–Trinajstić information content (AvgIpc) is 3.26. The normalized spacial score (nSPS) is 16.6. The molecule has 2 aromatic heterocycles. The molecule has 1 unspecified atom stereocenters. The zero-order valence-corrected chi connectivity index (χ0v) is 14.6. The molecular weight excluding hydrogens is 308 g/mol. The lowest BCUT2D eigenvalue weighted by molar-refractivity contribution is -0.138. The van der Waals surface area contributed by atoms with Gasteiger partial charge in [-0.1, -0.05) is 19.8 Å². The first-order chi connectivity index (χ1) is 11.1. The fraction of sp³-hybridized carbons (Fsp3) is 0.588. The first-order valence-electron chi connectivity index (χ1n) is 8.31. The van der Waals surface area contributed by atoms with E-state index in [1.165, 1.54) is 28.9 Å². The molecule has 3 rings (SSSR count). The fourth-order valence-electron chi connectivity index (χ4n) is 3.31. The minimum Gasteiger partial charge on any atom is -0.334 e. The van der Waals surface area contributed by atoms with Crippen LogP contribution in [0.25, 0.3) is 0 Å². The molecule has 0 aliphatic heterocycles. The topological polar surface area (TPSA) is 51.0 Å². The van der Waals surface area contributed by atoms with Gasteiger partial charge in [0.1, 0.15) is 12.7 Å². The van der Waals surface area contributed by atoms with Crippen LogP contribution in [0.2, 0.25) is 0 Å². The van der Waals surface area contributed by atoms with Gasteiger partial charge in [-0.25, -0.2) is 4.98 Å². The Hall–Kier alpha value is -1.69. The van der Waals surface area contributed by atoms with Gasteiger partial charge in [0.15, 0.2) is 0 Å². The molecule has 1 atom stereocenters. The minimum absolute atomic E-state index is 0.0849. The van der Waals surface area contributed by atoms with Crippen molar-refractivity contribution in [2.45, 2.75) is 58.7 Å². The summed E-state index contributed by atoms with van der Waals surface area (Å²) in [5, 5.41) is 4.12. The highest BCUT2D eigenvalue weighted by molar-refractivity contribution is 7.11. The van der Waals surface area contributed by atoms with E-state index in [1.807, 2.05) is 6.92 Å². The molecule has 5 nitrogen and oxygen atoms in total. The monoisotopic (exact) mass is 332 g/mol. The summed E-state index contributed by atoms with van der Waals surface area (Å²) < 4.78 is 1.74. The van der Waals surface area contributed by atoms with Crippen LogP contribution < -0.4 is 0 Å². The molecule has 2 aromatic rings. The van der Waals surface area contributed by atoms with Crippen molar-refractivity contribution in [3.63, 3.8) is 0 Å². The van der Waals surface area contributed by atoms with E-state index < -0.39 is 0 Å². The van der Waals surface area contributed by atoms with Crippen molar-refractivity contribution in [3.8, 4) is 0 Å². The molecule has 23 heavy (non-hydrogen) atoms. The zero-order chi connectivity index (χ0) is 16.2. The van der Waals surface area contributed by atoms with E-state index in [4.69, 9.17) is 0 Å². The van der Waals surface area contributed by atoms with Crippen LogP contribution in [0.1, 0.15) is 42.4 Å². The van der Waals surface area contributed by atoms with Crippen molar-refractivity contribution in [2.24, 2.45) is 5.92 Å². The summed E-state index contributed by atoms with van der Waals surface area (Å²) >= 11 is 1.79. The van der Waals surface area contributed by atoms with Gasteiger partial charge in [0.25, 0.3) is 0 Å². The van der Waals surface area contributed by atoms with E-state index in [2.05, 4.69) is 34.0 Å². The lowest BCUT2D eigenvalue weighted by atomic mass is 10.1. The van der Waals surface area contributed by atoms with Crippen molar-refractivity contribution in [3.05, 3.63) is 34.5 Å². The van der Waals surface area contributed by atoms with Crippen molar-refractivity contribution >= 4 is 17.2 Å². The second-order valence-electron chi connectivity index (χ2n) is 6.44. The molecule has 0 saturated heterocycles. The van der Waals surface area contributed by atoms with Crippen LogP contribution in [0.4, 0.5) is 0 Å². The van der Waals surface area contributed by atoms with Gasteiger partial charge >= 0.3 is 0 Å². The molecule has 0 spiro atoms. The highest BCUT2D eigenvalue weighted by Gasteiger charge is 2.30. The second kappa shape index (κ2) is 7.25. The average molecular weight is 332 g/mol. The number of thiophene rings is 1. The maximum Gasteiger partial charge on any atom is 0.227 e. The summed E-state index contributed by atoms with van der Waals surface area (Å²) in [7, 11) is 0. The predicted molar refractivity (Wildman–Crippen MR) is 91.0 cm³/mol. The van der Waals surface area contributed by atoms with Crippen molar-refractivity contribution < 1.29 is 4.79 Å². The summed E-state index contributed by atoms with van der Waals surface area (Å²) in [5.74, 6) is 0.150. The molecule has 0 radical (unpaired) electrons. The Morgan fingerprint density at radius 1 is 1.43 bits per heavy atom. The Morgan fingerprint density at radius 2 is 2.22 bits per heavy atom. The first-order valence-corrected chi connectivity index (χ1v) is 9.13. The number of hydrogen-bond acceptors (Lipinski definition) is 4. The number of rotatable bonds is 6. The van der Waals surface area contributed by atoms with Crippen LogP contribution in [0, 0.1) is 12.8 Å². The number of carbonyl (C=O) groups excluding carboxylic acids is 1. The maximum atomic E-state index is 13.0. The van der Waals surface area contributed by atoms with Gasteiger partial charge in [0, 0.05) is 15.8 Å². The third kappa shape index (κ3) is 3.99. The van der Waals surface area contributed by atoms with Gasteiger partial charge in [-0.2, -0.15) is 5.10 Å². The maximum absolute atomic E-state index is 13.0. The Morgan fingerprint density at radius 3 is 2.83 bits per heavy atom. The van der Waals surface area contributed by atoms with Crippen LogP contribution in [0.15, 0.2) is 24.8 Å². The third-order valence-electron chi connectivity index (χ3n) is 4.52. The highest BCUT2D eigenvalue weighted by Crippen LogP contribution is 2.28. The molecule has 0 aromatic carbocycles. The predicted octanol–water partition coefficient (Wildman–Crippen LogP) is 3.26. The molecule has 6 heteroatoms. The van der Waals surface area contributed by atoms with E-state index >= 15 is 0 Å². The highest BCUT2D eigenvalue weighted by atomic mass is 32.1. The van der Waals surface area contributed by atoms with E-state index in [9.17, 15) is 4.79 Å². The van der Waals surface area contributed by atoms with Gasteiger partial charge < -0.3 is 4.90 Å². The molecule has 1 amide bonds. The number of carbonyl (C=O) groups is 1. The fourth-order valence-corrected chi connectivity index (χ4v) is 4.20. The summed E-state index contributed by atoms with van der Waals surface area (Å²) in [4.78, 5) is 21.7. The first kappa shape index (κ1) is 16.2. The number of aromatic nitrogens is 3. The van der Waals surface area contributed by atoms with Gasteiger partial charge in [-0.05, 0) is 31.9 Å². The Labute approximate surface area is 141 Å². The summed E-state index contributed by atoms with van der Waals surface area (Å²) in [5.41, 5.74) is 0. The molecule has 1 saturated carbocycles. The molecule has 1 fully saturated rings. The Balaban J connectivity index is 1.72. The van der Waals surface area contributed by atoms with Gasteiger partial charge in [0.05, 0.1) is 19.0 Å². The number of amides is 1. The number of hydrogen-bond donors (Lipinski definition) is 0. The summed E-state index contributed by atoms with van der Waals surface area (Å²) in [6, 6.07) is 4.68. The third-order valence-corrected chi connectivity index (χ3v) is 5.51. The molecule has 2 heterocycles. The van der Waals surface area contributed by atoms with Crippen LogP contribution in [-0.2, 0) is 17.9 Å². The van der Waals surface area contributed by atoms with E-state index in [1.54, 1.807) is 22.3 Å². The largest absolute Gasteiger partial charge is 0.334 e. The van der Waals surface area contributed by atoms with Crippen molar-refractivity contribution in [1.29, 1.82) is 0 Å².